The Labute approximate surface area is 92.2 Å². The zero-order valence-electron chi connectivity index (χ0n) is 8.61. The first-order valence-corrected chi connectivity index (χ1v) is 5.37. The summed E-state index contributed by atoms with van der Waals surface area (Å²) >= 11 is 0. The van der Waals surface area contributed by atoms with Crippen molar-refractivity contribution in [3.05, 3.63) is 35.9 Å². The number of rotatable bonds is 2. The molecule has 0 aromatic heterocycles. The third-order valence-corrected chi connectivity index (χ3v) is 3.21. The lowest BCUT2D eigenvalue weighted by molar-refractivity contribution is -0.0829. The maximum atomic E-state index is 13.6. The molecule has 1 aliphatic heterocycles. The van der Waals surface area contributed by atoms with Gasteiger partial charge in [-0.3, -0.25) is 0 Å². The minimum Gasteiger partial charge on any atom is -0.350 e. The molecule has 86 valence electrons. The van der Waals surface area contributed by atoms with Gasteiger partial charge in [0, 0.05) is 0 Å². The molecule has 1 saturated carbocycles. The maximum Gasteiger partial charge on any atom is 0.263 e. The minimum absolute atomic E-state index is 0.415. The fraction of sp³-hybridized carbons (Fsp3) is 0.500. The monoisotopic (exact) mass is 226 g/mol. The fourth-order valence-corrected chi connectivity index (χ4v) is 2.36. The maximum absolute atomic E-state index is 13.6. The number of halogens is 2. The third kappa shape index (κ3) is 1.44. The molecule has 2 atom stereocenters. The van der Waals surface area contributed by atoms with Crippen LogP contribution in [0.2, 0.25) is 0 Å². The molecular formula is C12H12F2O2. The Hall–Kier alpha value is -1.00. The van der Waals surface area contributed by atoms with Crippen LogP contribution in [-0.4, -0.2) is 25.4 Å². The average Bonchev–Trinajstić information content (AvgIpc) is 2.70. The summed E-state index contributed by atoms with van der Waals surface area (Å²) in [4.78, 5) is 0. The second-order valence-electron chi connectivity index (χ2n) is 4.20. The molecule has 0 amide bonds. The van der Waals surface area contributed by atoms with Gasteiger partial charge in [-0.2, -0.15) is 0 Å². The molecular weight excluding hydrogens is 214 g/mol. The summed E-state index contributed by atoms with van der Waals surface area (Å²) in [5, 5.41) is 0. The molecule has 2 nitrogen and oxygen atoms in total. The van der Waals surface area contributed by atoms with Gasteiger partial charge >= 0.3 is 0 Å². The van der Waals surface area contributed by atoms with Gasteiger partial charge in [0.1, 0.15) is 0 Å². The molecule has 3 rings (SSSR count). The molecule has 1 saturated heterocycles. The summed E-state index contributed by atoms with van der Waals surface area (Å²) < 4.78 is 37.6. The van der Waals surface area contributed by atoms with Gasteiger partial charge in [-0.15, -0.1) is 0 Å². The Balaban J connectivity index is 1.82. The van der Waals surface area contributed by atoms with Crippen molar-refractivity contribution in [1.82, 2.24) is 0 Å². The molecule has 0 spiro atoms. The van der Waals surface area contributed by atoms with Gasteiger partial charge in [-0.25, -0.2) is 8.78 Å². The van der Waals surface area contributed by atoms with Crippen molar-refractivity contribution >= 4 is 0 Å². The second-order valence-corrected chi connectivity index (χ2v) is 4.20. The quantitative estimate of drug-likeness (QED) is 0.771. The topological polar surface area (TPSA) is 18.5 Å². The first-order chi connectivity index (χ1) is 7.71. The van der Waals surface area contributed by atoms with Crippen LogP contribution in [0.5, 0.6) is 0 Å². The van der Waals surface area contributed by atoms with E-state index in [1.807, 2.05) is 6.07 Å². The first kappa shape index (κ1) is 10.2. The van der Waals surface area contributed by atoms with E-state index in [0.29, 0.717) is 18.8 Å². The predicted molar refractivity (Wildman–Crippen MR) is 53.3 cm³/mol. The zero-order chi connectivity index (χ0) is 11.2. The normalized spacial score (nSPS) is 32.9. The number of alkyl halides is 2. The zero-order valence-corrected chi connectivity index (χ0v) is 8.61. The predicted octanol–water partition coefficient (Wildman–Crippen LogP) is 2.41. The molecule has 1 aliphatic carbocycles. The highest BCUT2D eigenvalue weighted by Crippen LogP contribution is 2.63. The van der Waals surface area contributed by atoms with E-state index in [9.17, 15) is 8.78 Å². The number of benzene rings is 1. The summed E-state index contributed by atoms with van der Waals surface area (Å²) in [6.45, 7) is 0.831. The Morgan fingerprint density at radius 2 is 1.69 bits per heavy atom. The van der Waals surface area contributed by atoms with E-state index in [0.717, 1.165) is 0 Å². The van der Waals surface area contributed by atoms with Crippen molar-refractivity contribution in [3.8, 4) is 0 Å². The fourth-order valence-electron chi connectivity index (χ4n) is 2.36. The molecule has 2 unspecified atom stereocenters. The molecule has 1 aromatic carbocycles. The van der Waals surface area contributed by atoms with Crippen molar-refractivity contribution in [1.29, 1.82) is 0 Å². The second kappa shape index (κ2) is 3.50. The van der Waals surface area contributed by atoms with Crippen LogP contribution in [-0.2, 0) is 9.47 Å². The average molecular weight is 226 g/mol. The summed E-state index contributed by atoms with van der Waals surface area (Å²) in [6.07, 6.45) is -0.736. The molecule has 2 fully saturated rings. The van der Waals surface area contributed by atoms with Crippen molar-refractivity contribution in [2.75, 3.05) is 13.2 Å². The van der Waals surface area contributed by atoms with Gasteiger partial charge in [0.2, 0.25) is 0 Å². The van der Waals surface area contributed by atoms with Crippen LogP contribution in [0, 0.1) is 5.92 Å². The van der Waals surface area contributed by atoms with Crippen LogP contribution < -0.4 is 0 Å². The smallest absolute Gasteiger partial charge is 0.263 e. The highest BCUT2D eigenvalue weighted by atomic mass is 19.3. The van der Waals surface area contributed by atoms with E-state index < -0.39 is 24.0 Å². The van der Waals surface area contributed by atoms with E-state index in [2.05, 4.69) is 0 Å². The summed E-state index contributed by atoms with van der Waals surface area (Å²) in [7, 11) is 0. The van der Waals surface area contributed by atoms with Gasteiger partial charge in [-0.05, 0) is 5.56 Å². The van der Waals surface area contributed by atoms with Crippen LogP contribution in [0.4, 0.5) is 8.78 Å². The number of ether oxygens (including phenoxy) is 2. The molecule has 1 heterocycles. The lowest BCUT2D eigenvalue weighted by Gasteiger charge is -2.06. The third-order valence-electron chi connectivity index (χ3n) is 3.21. The van der Waals surface area contributed by atoms with Crippen LogP contribution in [0.1, 0.15) is 11.5 Å². The van der Waals surface area contributed by atoms with E-state index in [1.165, 1.54) is 0 Å². The molecule has 2 aliphatic rings. The Kier molecular flexibility index (Phi) is 2.23. The lowest BCUT2D eigenvalue weighted by Crippen LogP contribution is -2.15. The van der Waals surface area contributed by atoms with E-state index in [1.54, 1.807) is 24.3 Å². The van der Waals surface area contributed by atoms with Crippen molar-refractivity contribution in [2.45, 2.75) is 18.1 Å². The van der Waals surface area contributed by atoms with Gasteiger partial charge < -0.3 is 9.47 Å². The molecule has 0 bridgehead atoms. The van der Waals surface area contributed by atoms with Crippen LogP contribution in [0.3, 0.4) is 0 Å². The summed E-state index contributed by atoms with van der Waals surface area (Å²) in [5.41, 5.74) is 0.664. The highest BCUT2D eigenvalue weighted by Gasteiger charge is 2.72. The van der Waals surface area contributed by atoms with Gasteiger partial charge in [0.15, 0.2) is 6.29 Å². The van der Waals surface area contributed by atoms with Crippen molar-refractivity contribution < 1.29 is 18.3 Å². The van der Waals surface area contributed by atoms with Gasteiger partial charge in [0.25, 0.3) is 5.92 Å². The van der Waals surface area contributed by atoms with E-state index >= 15 is 0 Å². The largest absolute Gasteiger partial charge is 0.350 e. The summed E-state index contributed by atoms with van der Waals surface area (Å²) in [6, 6.07) is 8.83. The Bertz CT molecular complexity index is 374. The van der Waals surface area contributed by atoms with Crippen LogP contribution >= 0.6 is 0 Å². The summed E-state index contributed by atoms with van der Waals surface area (Å²) in [5.74, 6) is -4.27. The van der Waals surface area contributed by atoms with Crippen LogP contribution in [0.15, 0.2) is 30.3 Å². The minimum atomic E-state index is -2.70. The molecule has 4 heteroatoms. The van der Waals surface area contributed by atoms with Gasteiger partial charge in [-0.1, -0.05) is 30.3 Å². The van der Waals surface area contributed by atoms with E-state index in [-0.39, 0.29) is 0 Å². The lowest BCUT2D eigenvalue weighted by atomic mass is 10.1. The molecule has 0 N–H and O–H groups in total. The molecule has 1 aromatic rings. The van der Waals surface area contributed by atoms with Gasteiger partial charge in [0.05, 0.1) is 25.0 Å². The van der Waals surface area contributed by atoms with Crippen molar-refractivity contribution in [2.24, 2.45) is 5.92 Å². The first-order valence-electron chi connectivity index (χ1n) is 5.37. The number of hydrogen-bond acceptors (Lipinski definition) is 2. The molecule has 16 heavy (non-hydrogen) atoms. The van der Waals surface area contributed by atoms with Crippen molar-refractivity contribution in [3.63, 3.8) is 0 Å². The molecule has 0 radical (unpaired) electrons. The standard InChI is InChI=1S/C12H12F2O2/c13-12(14)9(8-4-2-1-3-5-8)10(12)11-15-6-7-16-11/h1-5,9-11H,6-7H2. The highest BCUT2D eigenvalue weighted by molar-refractivity contribution is 5.32. The Morgan fingerprint density at radius 3 is 2.31 bits per heavy atom. The van der Waals surface area contributed by atoms with Crippen LogP contribution in [0.25, 0.3) is 0 Å². The SMILES string of the molecule is FC1(F)C(c2ccccc2)C1C1OCCO1. The number of hydrogen-bond donors (Lipinski definition) is 0. The Morgan fingerprint density at radius 1 is 1.06 bits per heavy atom. The van der Waals surface area contributed by atoms with E-state index in [4.69, 9.17) is 9.47 Å².